The maximum Gasteiger partial charge on any atom is 0.335 e. The van der Waals surface area contributed by atoms with E-state index in [0.29, 0.717) is 30.2 Å². The number of sulfonamides is 1. The molecule has 0 N–H and O–H groups in total. The van der Waals surface area contributed by atoms with Gasteiger partial charge in [0.1, 0.15) is 5.69 Å². The van der Waals surface area contributed by atoms with Crippen LogP contribution in [0.2, 0.25) is 0 Å². The molecule has 4 rings (SSSR count). The van der Waals surface area contributed by atoms with Crippen LogP contribution in [-0.2, 0) is 17.1 Å². The lowest BCUT2D eigenvalue weighted by molar-refractivity contribution is 0.383. The summed E-state index contributed by atoms with van der Waals surface area (Å²) in [6, 6.07) is 14.3. The monoisotopic (exact) mass is 468 g/mol. The highest BCUT2D eigenvalue weighted by molar-refractivity contribution is 7.89. The Balaban J connectivity index is 1.66. The van der Waals surface area contributed by atoms with Crippen molar-refractivity contribution >= 4 is 15.7 Å². The lowest BCUT2D eigenvalue weighted by Gasteiger charge is -2.36. The zero-order valence-corrected chi connectivity index (χ0v) is 20.1. The molecule has 0 amide bonds. The Labute approximate surface area is 193 Å². The average Bonchev–Trinajstić information content (AvgIpc) is 2.80. The first-order valence-electron chi connectivity index (χ1n) is 10.8. The number of rotatable bonds is 4. The molecule has 33 heavy (non-hydrogen) atoms. The van der Waals surface area contributed by atoms with Crippen LogP contribution in [0.1, 0.15) is 16.8 Å². The predicted octanol–water partition coefficient (Wildman–Crippen LogP) is 1.97. The number of para-hydroxylation sites is 1. The van der Waals surface area contributed by atoms with E-state index in [4.69, 9.17) is 0 Å². The van der Waals surface area contributed by atoms with E-state index in [2.05, 4.69) is 0 Å². The van der Waals surface area contributed by atoms with E-state index in [9.17, 15) is 18.0 Å². The van der Waals surface area contributed by atoms with Gasteiger partial charge in [0, 0.05) is 33.2 Å². The standard InChI is InChI=1S/C24H28N4O4S/c1-17-10-11-21(16-18(17)2)33(31,32)27-14-12-26(13-15-27)22-19(3)28(20-8-6-5-7-9-20)24(30)25(4)23(22)29/h5-11,16H,12-15H2,1-4H3. The number of aryl methyl sites for hydroxylation is 2. The SMILES string of the molecule is Cc1ccc(S(=O)(=O)N2CCN(c3c(C)n(-c4ccccc4)c(=O)n(C)c3=O)CC2)cc1C. The summed E-state index contributed by atoms with van der Waals surface area (Å²) in [6.45, 7) is 6.81. The van der Waals surface area contributed by atoms with E-state index in [1.165, 1.54) is 15.9 Å². The van der Waals surface area contributed by atoms with E-state index in [1.807, 2.05) is 55.1 Å². The third-order valence-corrected chi connectivity index (χ3v) is 8.24. The van der Waals surface area contributed by atoms with Gasteiger partial charge in [-0.2, -0.15) is 4.31 Å². The number of hydrogen-bond acceptors (Lipinski definition) is 5. The lowest BCUT2D eigenvalue weighted by Crippen LogP contribution is -2.52. The largest absolute Gasteiger partial charge is 0.363 e. The van der Waals surface area contributed by atoms with E-state index >= 15 is 0 Å². The first-order valence-corrected chi connectivity index (χ1v) is 12.3. The van der Waals surface area contributed by atoms with Gasteiger partial charge in [-0.05, 0) is 56.2 Å². The van der Waals surface area contributed by atoms with Crippen molar-refractivity contribution < 1.29 is 8.42 Å². The first-order chi connectivity index (χ1) is 15.6. The summed E-state index contributed by atoms with van der Waals surface area (Å²) in [5.74, 6) is 0. The highest BCUT2D eigenvalue weighted by Gasteiger charge is 2.31. The van der Waals surface area contributed by atoms with Crippen LogP contribution in [0.25, 0.3) is 5.69 Å². The molecule has 1 aliphatic rings. The van der Waals surface area contributed by atoms with Crippen LogP contribution >= 0.6 is 0 Å². The van der Waals surface area contributed by atoms with E-state index < -0.39 is 15.7 Å². The van der Waals surface area contributed by atoms with Crippen molar-refractivity contribution in [2.45, 2.75) is 25.7 Å². The second-order valence-corrected chi connectivity index (χ2v) is 10.3. The molecule has 0 bridgehead atoms. The van der Waals surface area contributed by atoms with E-state index in [1.54, 1.807) is 19.1 Å². The lowest BCUT2D eigenvalue weighted by atomic mass is 10.1. The Morgan fingerprint density at radius 1 is 0.818 bits per heavy atom. The second kappa shape index (κ2) is 8.64. The molecule has 0 atom stereocenters. The third-order valence-electron chi connectivity index (χ3n) is 6.35. The fourth-order valence-electron chi connectivity index (χ4n) is 4.22. The van der Waals surface area contributed by atoms with Crippen molar-refractivity contribution in [1.29, 1.82) is 0 Å². The molecule has 0 aliphatic carbocycles. The molecule has 2 aromatic carbocycles. The van der Waals surface area contributed by atoms with Crippen molar-refractivity contribution in [3.63, 3.8) is 0 Å². The Morgan fingerprint density at radius 3 is 2.06 bits per heavy atom. The van der Waals surface area contributed by atoms with E-state index in [-0.39, 0.29) is 23.5 Å². The fraction of sp³-hybridized carbons (Fsp3) is 0.333. The van der Waals surface area contributed by atoms with Crippen molar-refractivity contribution in [3.05, 3.63) is 86.2 Å². The van der Waals surface area contributed by atoms with Gasteiger partial charge in [-0.3, -0.25) is 13.9 Å². The van der Waals surface area contributed by atoms with Gasteiger partial charge in [0.05, 0.1) is 16.3 Å². The smallest absolute Gasteiger partial charge is 0.335 e. The summed E-state index contributed by atoms with van der Waals surface area (Å²) in [4.78, 5) is 28.1. The highest BCUT2D eigenvalue weighted by Crippen LogP contribution is 2.23. The minimum atomic E-state index is -3.63. The van der Waals surface area contributed by atoms with Gasteiger partial charge in [-0.1, -0.05) is 24.3 Å². The quantitative estimate of drug-likeness (QED) is 0.585. The number of nitrogens with zero attached hydrogens (tertiary/aromatic N) is 4. The molecule has 0 radical (unpaired) electrons. The molecular weight excluding hydrogens is 440 g/mol. The number of piperazine rings is 1. The van der Waals surface area contributed by atoms with Gasteiger partial charge in [0.15, 0.2) is 0 Å². The van der Waals surface area contributed by atoms with Gasteiger partial charge in [-0.25, -0.2) is 13.2 Å². The Morgan fingerprint density at radius 2 is 1.45 bits per heavy atom. The van der Waals surface area contributed by atoms with Gasteiger partial charge in [0.2, 0.25) is 10.0 Å². The van der Waals surface area contributed by atoms with Gasteiger partial charge in [0.25, 0.3) is 5.56 Å². The van der Waals surface area contributed by atoms with Crippen molar-refractivity contribution in [2.75, 3.05) is 31.1 Å². The molecule has 174 valence electrons. The number of benzene rings is 2. The maximum atomic E-state index is 13.2. The molecule has 2 heterocycles. The average molecular weight is 469 g/mol. The van der Waals surface area contributed by atoms with Crippen LogP contribution in [0.4, 0.5) is 5.69 Å². The number of anilines is 1. The summed E-state index contributed by atoms with van der Waals surface area (Å²) in [7, 11) is -2.16. The normalized spacial score (nSPS) is 15.1. The Bertz CT molecular complexity index is 1420. The topological polar surface area (TPSA) is 84.6 Å². The summed E-state index contributed by atoms with van der Waals surface area (Å²) in [5, 5.41) is 0. The molecule has 0 spiro atoms. The number of hydrogen-bond donors (Lipinski definition) is 0. The predicted molar refractivity (Wildman–Crippen MR) is 129 cm³/mol. The molecule has 1 aliphatic heterocycles. The van der Waals surface area contributed by atoms with E-state index in [0.717, 1.165) is 15.7 Å². The van der Waals surface area contributed by atoms with Gasteiger partial charge >= 0.3 is 5.69 Å². The second-order valence-electron chi connectivity index (χ2n) is 8.39. The Kier molecular flexibility index (Phi) is 6.02. The summed E-state index contributed by atoms with van der Waals surface area (Å²) in [5.41, 5.74) is 2.81. The summed E-state index contributed by atoms with van der Waals surface area (Å²) in [6.07, 6.45) is 0. The molecule has 1 fully saturated rings. The first kappa shape index (κ1) is 23.0. The van der Waals surface area contributed by atoms with Crippen LogP contribution in [-0.4, -0.2) is 48.0 Å². The number of aromatic nitrogens is 2. The molecule has 9 heteroatoms. The van der Waals surface area contributed by atoms with Crippen LogP contribution in [0.5, 0.6) is 0 Å². The summed E-state index contributed by atoms with van der Waals surface area (Å²) >= 11 is 0. The maximum absolute atomic E-state index is 13.2. The zero-order valence-electron chi connectivity index (χ0n) is 19.3. The van der Waals surface area contributed by atoms with Gasteiger partial charge in [-0.15, -0.1) is 0 Å². The molecule has 0 saturated carbocycles. The van der Waals surface area contributed by atoms with Crippen molar-refractivity contribution in [2.24, 2.45) is 7.05 Å². The highest BCUT2D eigenvalue weighted by atomic mass is 32.2. The van der Waals surface area contributed by atoms with Crippen LogP contribution in [0.3, 0.4) is 0 Å². The fourth-order valence-corrected chi connectivity index (χ4v) is 5.73. The minimum absolute atomic E-state index is 0.252. The zero-order chi connectivity index (χ0) is 23.9. The summed E-state index contributed by atoms with van der Waals surface area (Å²) < 4.78 is 30.4. The minimum Gasteiger partial charge on any atom is -0.363 e. The Hall–Kier alpha value is -3.17. The third kappa shape index (κ3) is 4.02. The molecule has 8 nitrogen and oxygen atoms in total. The van der Waals surface area contributed by atoms with Crippen molar-refractivity contribution in [3.8, 4) is 5.69 Å². The van der Waals surface area contributed by atoms with Crippen LogP contribution in [0.15, 0.2) is 63.0 Å². The van der Waals surface area contributed by atoms with Crippen LogP contribution < -0.4 is 16.1 Å². The van der Waals surface area contributed by atoms with Crippen LogP contribution in [0, 0.1) is 20.8 Å². The molecule has 3 aromatic rings. The molecule has 1 saturated heterocycles. The molecular formula is C24H28N4O4S. The molecule has 0 unspecified atom stereocenters. The van der Waals surface area contributed by atoms with Gasteiger partial charge < -0.3 is 4.90 Å². The van der Waals surface area contributed by atoms with Crippen molar-refractivity contribution in [1.82, 2.24) is 13.4 Å². The molecule has 1 aromatic heterocycles.